The van der Waals surface area contributed by atoms with Crippen molar-refractivity contribution in [3.8, 4) is 5.75 Å². The van der Waals surface area contributed by atoms with Crippen LogP contribution in [-0.2, 0) is 20.9 Å². The number of esters is 1. The first-order valence-electron chi connectivity index (χ1n) is 11.2. The second-order valence-electron chi connectivity index (χ2n) is 7.93. The smallest absolute Gasteiger partial charge is 0.337 e. The largest absolute Gasteiger partial charge is 0.497 e. The quantitative estimate of drug-likeness (QED) is 0.472. The summed E-state index contributed by atoms with van der Waals surface area (Å²) in [6.07, 6.45) is 0.0329. The van der Waals surface area contributed by atoms with Crippen molar-refractivity contribution in [3.05, 3.63) is 90.0 Å². The Bertz CT molecular complexity index is 1260. The lowest BCUT2D eigenvalue weighted by Crippen LogP contribution is -2.44. The summed E-state index contributed by atoms with van der Waals surface area (Å²) < 4.78 is 9.91. The molecule has 1 atom stereocenters. The number of benzene rings is 3. The monoisotopic (exact) mass is 503 g/mol. The minimum atomic E-state index is -0.665. The van der Waals surface area contributed by atoms with Crippen LogP contribution in [0.3, 0.4) is 0 Å². The molecule has 1 heterocycles. The Morgan fingerprint density at radius 2 is 1.69 bits per heavy atom. The van der Waals surface area contributed by atoms with Gasteiger partial charge in [-0.25, -0.2) is 9.79 Å². The van der Waals surface area contributed by atoms with E-state index in [1.165, 1.54) is 18.9 Å². The molecule has 0 aliphatic carbocycles. The summed E-state index contributed by atoms with van der Waals surface area (Å²) in [5, 5.41) is 2.61. The number of ether oxygens (including phenoxy) is 2. The fourth-order valence-electron chi connectivity index (χ4n) is 3.56. The number of rotatable bonds is 7. The second-order valence-corrected chi connectivity index (χ2v) is 9.10. The molecule has 1 N–H and O–H groups in total. The fraction of sp³-hybridized carbons (Fsp3) is 0.185. The lowest BCUT2D eigenvalue weighted by Gasteiger charge is -2.32. The maximum atomic E-state index is 13.2. The third-order valence-electron chi connectivity index (χ3n) is 5.49. The van der Waals surface area contributed by atoms with Gasteiger partial charge in [0.05, 0.1) is 32.0 Å². The number of hydrogen-bond acceptors (Lipinski definition) is 7. The van der Waals surface area contributed by atoms with Crippen molar-refractivity contribution in [2.24, 2.45) is 4.99 Å². The predicted molar refractivity (Wildman–Crippen MR) is 139 cm³/mol. The van der Waals surface area contributed by atoms with Crippen LogP contribution in [0.5, 0.6) is 5.75 Å². The van der Waals surface area contributed by atoms with E-state index in [-0.39, 0.29) is 18.2 Å². The van der Waals surface area contributed by atoms with Crippen LogP contribution >= 0.6 is 11.8 Å². The third kappa shape index (κ3) is 6.11. The Morgan fingerprint density at radius 3 is 2.33 bits per heavy atom. The number of nitrogens with one attached hydrogen (secondary N) is 1. The van der Waals surface area contributed by atoms with Gasteiger partial charge in [-0.15, -0.1) is 0 Å². The highest BCUT2D eigenvalue weighted by atomic mass is 32.2. The van der Waals surface area contributed by atoms with Crippen LogP contribution < -0.4 is 10.1 Å². The Kier molecular flexibility index (Phi) is 8.02. The number of hydrogen-bond donors (Lipinski definition) is 1. The van der Waals surface area contributed by atoms with Gasteiger partial charge < -0.3 is 14.8 Å². The van der Waals surface area contributed by atoms with E-state index in [0.717, 1.165) is 5.56 Å². The van der Waals surface area contributed by atoms with Gasteiger partial charge in [-0.3, -0.25) is 14.5 Å². The second kappa shape index (κ2) is 11.5. The van der Waals surface area contributed by atoms with Crippen LogP contribution in [0.4, 0.5) is 11.4 Å². The molecule has 2 amide bonds. The number of carbonyl (C=O) groups is 3. The number of carbonyl (C=O) groups excluding carboxylic acids is 3. The van der Waals surface area contributed by atoms with E-state index >= 15 is 0 Å². The van der Waals surface area contributed by atoms with Gasteiger partial charge in [-0.1, -0.05) is 42.1 Å². The van der Waals surface area contributed by atoms with Gasteiger partial charge in [0.15, 0.2) is 5.17 Å². The van der Waals surface area contributed by atoms with Crippen molar-refractivity contribution in [3.63, 3.8) is 0 Å². The first kappa shape index (κ1) is 25.0. The van der Waals surface area contributed by atoms with Crippen LogP contribution in [0.25, 0.3) is 0 Å². The maximum Gasteiger partial charge on any atom is 0.337 e. The van der Waals surface area contributed by atoms with E-state index in [1.807, 2.05) is 30.3 Å². The zero-order valence-corrected chi connectivity index (χ0v) is 20.7. The summed E-state index contributed by atoms with van der Waals surface area (Å²) in [5.74, 6) is -0.269. The molecule has 3 aromatic carbocycles. The van der Waals surface area contributed by atoms with Gasteiger partial charge >= 0.3 is 5.97 Å². The Labute approximate surface area is 213 Å². The molecule has 184 valence electrons. The lowest BCUT2D eigenvalue weighted by atomic mass is 10.2. The molecule has 1 saturated heterocycles. The number of thioether (sulfide) groups is 1. The Balaban J connectivity index is 1.55. The van der Waals surface area contributed by atoms with Crippen molar-refractivity contribution in [1.82, 2.24) is 4.90 Å². The zero-order chi connectivity index (χ0) is 25.5. The molecular weight excluding hydrogens is 478 g/mol. The van der Waals surface area contributed by atoms with Crippen LogP contribution in [0, 0.1) is 0 Å². The van der Waals surface area contributed by atoms with Gasteiger partial charge in [-0.2, -0.15) is 0 Å². The first-order chi connectivity index (χ1) is 17.5. The molecule has 9 heteroatoms. The topological polar surface area (TPSA) is 97.3 Å². The minimum Gasteiger partial charge on any atom is -0.497 e. The first-order valence-corrected chi connectivity index (χ1v) is 12.1. The normalized spacial score (nSPS) is 16.5. The molecule has 0 radical (unpaired) electrons. The van der Waals surface area contributed by atoms with Crippen molar-refractivity contribution in [2.45, 2.75) is 18.2 Å². The van der Waals surface area contributed by atoms with Gasteiger partial charge in [0.2, 0.25) is 11.8 Å². The average Bonchev–Trinajstić information content (AvgIpc) is 2.91. The molecule has 1 aliphatic rings. The van der Waals surface area contributed by atoms with E-state index in [4.69, 9.17) is 14.5 Å². The molecule has 4 rings (SSSR count). The van der Waals surface area contributed by atoms with Crippen molar-refractivity contribution < 1.29 is 23.9 Å². The summed E-state index contributed by atoms with van der Waals surface area (Å²) in [6, 6.07) is 23.2. The zero-order valence-electron chi connectivity index (χ0n) is 19.8. The molecule has 36 heavy (non-hydrogen) atoms. The molecular formula is C27H25N3O5S. The summed E-state index contributed by atoms with van der Waals surface area (Å²) in [5.41, 5.74) is 2.50. The van der Waals surface area contributed by atoms with Crippen LogP contribution in [0.2, 0.25) is 0 Å². The number of anilines is 1. The summed E-state index contributed by atoms with van der Waals surface area (Å²) >= 11 is 1.24. The molecule has 0 unspecified atom stereocenters. The Hall–Kier alpha value is -4.11. The number of nitrogens with zero attached hydrogens (tertiary/aromatic N) is 2. The predicted octanol–water partition coefficient (Wildman–Crippen LogP) is 4.64. The molecule has 3 aromatic rings. The van der Waals surface area contributed by atoms with Crippen LogP contribution in [-0.4, -0.2) is 47.3 Å². The lowest BCUT2D eigenvalue weighted by molar-refractivity contribution is -0.129. The standard InChI is InChI=1S/C27H25N3O5S/c1-34-22-14-12-21(13-15-22)29-27-30(17-18-6-4-3-5-7-18)24(31)16-23(36-27)25(32)28-20-10-8-19(9-11-20)26(33)35-2/h3-15,23H,16-17H2,1-2H3,(H,28,32)/t23-/m1/s1. The van der Waals surface area contributed by atoms with Crippen molar-refractivity contribution >= 4 is 46.1 Å². The summed E-state index contributed by atoms with van der Waals surface area (Å²) in [6.45, 7) is 0.352. The van der Waals surface area contributed by atoms with E-state index in [0.29, 0.717) is 34.4 Å². The molecule has 0 saturated carbocycles. The highest BCUT2D eigenvalue weighted by Crippen LogP contribution is 2.31. The maximum absolute atomic E-state index is 13.2. The van der Waals surface area contributed by atoms with E-state index in [2.05, 4.69) is 5.32 Å². The molecule has 1 fully saturated rings. The molecule has 0 aromatic heterocycles. The average molecular weight is 504 g/mol. The number of amidine groups is 1. The van der Waals surface area contributed by atoms with Gasteiger partial charge in [0.1, 0.15) is 11.0 Å². The summed E-state index contributed by atoms with van der Waals surface area (Å²) in [7, 11) is 2.89. The third-order valence-corrected chi connectivity index (χ3v) is 6.67. The Morgan fingerprint density at radius 1 is 1.00 bits per heavy atom. The number of methoxy groups -OCH3 is 2. The molecule has 0 bridgehead atoms. The van der Waals surface area contributed by atoms with E-state index in [9.17, 15) is 14.4 Å². The van der Waals surface area contributed by atoms with Crippen molar-refractivity contribution in [1.29, 1.82) is 0 Å². The molecule has 8 nitrogen and oxygen atoms in total. The van der Waals surface area contributed by atoms with E-state index < -0.39 is 11.2 Å². The van der Waals surface area contributed by atoms with Gasteiger partial charge in [0.25, 0.3) is 0 Å². The summed E-state index contributed by atoms with van der Waals surface area (Å²) in [4.78, 5) is 44.2. The van der Waals surface area contributed by atoms with Gasteiger partial charge in [-0.05, 0) is 54.1 Å². The van der Waals surface area contributed by atoms with E-state index in [1.54, 1.807) is 60.5 Å². The molecule has 1 aliphatic heterocycles. The van der Waals surface area contributed by atoms with Gasteiger partial charge in [0, 0.05) is 12.1 Å². The highest BCUT2D eigenvalue weighted by Gasteiger charge is 2.36. The van der Waals surface area contributed by atoms with Crippen molar-refractivity contribution in [2.75, 3.05) is 19.5 Å². The minimum absolute atomic E-state index is 0.0329. The van der Waals surface area contributed by atoms with Crippen LogP contribution in [0.1, 0.15) is 22.3 Å². The number of aliphatic imine (C=N–C) groups is 1. The molecule has 0 spiro atoms. The highest BCUT2D eigenvalue weighted by molar-refractivity contribution is 8.15. The number of amides is 2. The SMILES string of the molecule is COC(=O)c1ccc(NC(=O)[C@H]2CC(=O)N(Cc3ccccc3)C(=Nc3ccc(OC)cc3)S2)cc1. The fourth-order valence-corrected chi connectivity index (χ4v) is 4.66. The van der Waals surface area contributed by atoms with Crippen LogP contribution in [0.15, 0.2) is 83.9 Å².